The first-order valence-electron chi connectivity index (χ1n) is 23.6. The van der Waals surface area contributed by atoms with Gasteiger partial charge in [0.2, 0.25) is 0 Å². The minimum Gasteiger partial charge on any atom is -0.468 e. The van der Waals surface area contributed by atoms with Gasteiger partial charge in [-0.3, -0.25) is 19.3 Å². The van der Waals surface area contributed by atoms with Crippen molar-refractivity contribution in [1.82, 2.24) is 10.1 Å². The monoisotopic (exact) mass is 1090 g/mol. The minimum atomic E-state index is -1.90. The van der Waals surface area contributed by atoms with Crippen molar-refractivity contribution < 1.29 is 37.6 Å². The first-order valence-corrected chi connectivity index (χ1v) is 30.5. The van der Waals surface area contributed by atoms with E-state index in [9.17, 15) is 9.59 Å². The van der Waals surface area contributed by atoms with Crippen molar-refractivity contribution in [2.45, 2.75) is 142 Å². The summed E-state index contributed by atoms with van der Waals surface area (Å²) >= 11 is 2.28. The largest absolute Gasteiger partial charge is 0.468 e. The number of terminal acetylenes is 1. The van der Waals surface area contributed by atoms with E-state index >= 15 is 0 Å². The van der Waals surface area contributed by atoms with Gasteiger partial charge < -0.3 is 18.3 Å². The second-order valence-corrected chi connectivity index (χ2v) is 31.6. The summed E-state index contributed by atoms with van der Waals surface area (Å²) < 4.78 is 23.8. The van der Waals surface area contributed by atoms with Crippen LogP contribution in [-0.4, -0.2) is 90.4 Å². The Morgan fingerprint density at radius 1 is 0.609 bits per heavy atom. The van der Waals surface area contributed by atoms with E-state index < -0.39 is 28.7 Å². The maximum atomic E-state index is 12.4. The number of carbonyl (C=O) groups is 2. The lowest BCUT2D eigenvalue weighted by Crippen LogP contribution is -2.42. The summed E-state index contributed by atoms with van der Waals surface area (Å²) in [6, 6.07) is 31.5. The van der Waals surface area contributed by atoms with Gasteiger partial charge in [-0.05, 0) is 132 Å². The highest BCUT2D eigenvalue weighted by molar-refractivity contribution is 14.1. The van der Waals surface area contributed by atoms with Crippen LogP contribution in [0.25, 0.3) is 0 Å². The Labute approximate surface area is 429 Å². The van der Waals surface area contributed by atoms with Crippen molar-refractivity contribution in [3.63, 3.8) is 0 Å². The van der Waals surface area contributed by atoms with Crippen molar-refractivity contribution in [2.24, 2.45) is 0 Å². The molecule has 0 amide bonds. The van der Waals surface area contributed by atoms with Crippen molar-refractivity contribution >= 4 is 51.2 Å². The normalized spacial score (nSPS) is 18.6. The molecule has 2 saturated heterocycles. The number of esters is 2. The predicted molar refractivity (Wildman–Crippen MR) is 290 cm³/mol. The molecule has 10 nitrogen and oxygen atoms in total. The second kappa shape index (κ2) is 25.8. The summed E-state index contributed by atoms with van der Waals surface area (Å²) in [6.07, 6.45) is 6.00. The summed E-state index contributed by atoms with van der Waals surface area (Å²) in [4.78, 5) is 36.8. The first kappa shape index (κ1) is 57.4. The Morgan fingerprint density at radius 2 is 0.942 bits per heavy atom. The zero-order valence-corrected chi connectivity index (χ0v) is 47.6. The smallest absolute Gasteiger partial charge is 0.325 e. The first-order chi connectivity index (χ1) is 32.3. The molecule has 4 aromatic carbocycles. The molecule has 0 N–H and O–H groups in total. The van der Waals surface area contributed by atoms with Crippen LogP contribution in [0.5, 0.6) is 0 Å². The summed E-state index contributed by atoms with van der Waals surface area (Å²) in [5.74, 6) is 8.41. The molecule has 0 spiro atoms. The molecule has 0 aliphatic carbocycles. The zero-order valence-electron chi connectivity index (χ0n) is 43.4. The van der Waals surface area contributed by atoms with Gasteiger partial charge in [0.25, 0.3) is 0 Å². The molecule has 4 atom stereocenters. The average Bonchev–Trinajstić information content (AvgIpc) is 3.91. The number of hydrogen-bond acceptors (Lipinski definition) is 10. The number of benzene rings is 4. The van der Waals surface area contributed by atoms with Crippen LogP contribution in [0, 0.1) is 41.6 Å². The molecule has 0 bridgehead atoms. The van der Waals surface area contributed by atoms with Crippen LogP contribution in [0.2, 0.25) is 36.3 Å². The molecule has 2 heterocycles. The van der Waals surface area contributed by atoms with Gasteiger partial charge in [0.05, 0.1) is 40.5 Å². The molecule has 0 radical (unpaired) electrons. The summed E-state index contributed by atoms with van der Waals surface area (Å²) in [6.45, 7) is 28.3. The standard InChI is InChI=1S/C28H37NO4Si.C19H30INO4Si.C9H8/c1-21-8-10-22(11-9-21)12-13-23-14-16-24(17-15-23)19-29-26(27(30)31-5)18-25(33-29)20-32-34(6,7)28(2,3)4;1-19(2,3)26(5,6)24-13-16-11-17(18(22)23-4)21(25-16)12-14-7-9-15(20)10-8-14;1-3-9-6-4-8(2)5-7-9/h8-11,14-17,25-26H,18-20H2,1-7H3;7-10,16-17H,11-13H2,1-6H3;1,4-7H,2H3. The Morgan fingerprint density at radius 3 is 1.28 bits per heavy atom. The molecular formula is C56H75IN2O8Si2. The Balaban J connectivity index is 0.000000260. The third-order valence-electron chi connectivity index (χ3n) is 13.2. The molecule has 2 aliphatic rings. The van der Waals surface area contributed by atoms with Gasteiger partial charge in [-0.1, -0.05) is 119 Å². The molecule has 0 saturated carbocycles. The SMILES string of the molecule is C#Cc1ccc(C)cc1.COC(=O)C1CC(CO[Si](C)(C)C(C)(C)C)ON1Cc1ccc(C#Cc2ccc(C)cc2)cc1.COC(=O)C1CC(CO[Si](C)(C)C(C)(C)C)ON1Cc1ccc(I)cc1. The molecule has 2 aliphatic heterocycles. The summed E-state index contributed by atoms with van der Waals surface area (Å²) in [7, 11) is -0.904. The van der Waals surface area contributed by atoms with Crippen LogP contribution in [0.4, 0.5) is 0 Å². The maximum Gasteiger partial charge on any atom is 0.325 e. The number of ether oxygens (including phenoxy) is 2. The van der Waals surface area contributed by atoms with Crippen molar-refractivity contribution in [1.29, 1.82) is 0 Å². The van der Waals surface area contributed by atoms with Crippen LogP contribution < -0.4 is 0 Å². The van der Waals surface area contributed by atoms with E-state index in [1.807, 2.05) is 67.6 Å². The van der Waals surface area contributed by atoms with Gasteiger partial charge in [0, 0.05) is 33.1 Å². The fourth-order valence-electron chi connectivity index (χ4n) is 6.65. The Kier molecular flexibility index (Phi) is 21.5. The number of aryl methyl sites for hydroxylation is 2. The lowest BCUT2D eigenvalue weighted by atomic mass is 10.1. The van der Waals surface area contributed by atoms with Crippen LogP contribution in [-0.2, 0) is 50.7 Å². The Bertz CT molecular complexity index is 2360. The number of carbonyl (C=O) groups excluding carboxylic acids is 2. The number of halogens is 1. The third kappa shape index (κ3) is 17.9. The molecule has 0 aromatic heterocycles. The van der Waals surface area contributed by atoms with E-state index in [0.717, 1.165) is 27.8 Å². The highest BCUT2D eigenvalue weighted by Crippen LogP contribution is 2.38. The quantitative estimate of drug-likeness (QED) is 0.0591. The van der Waals surface area contributed by atoms with E-state index in [1.54, 1.807) is 10.1 Å². The van der Waals surface area contributed by atoms with Crippen LogP contribution >= 0.6 is 22.6 Å². The van der Waals surface area contributed by atoms with E-state index in [0.29, 0.717) is 39.1 Å². The van der Waals surface area contributed by atoms with Crippen molar-refractivity contribution in [3.8, 4) is 24.2 Å². The average molecular weight is 1090 g/mol. The lowest BCUT2D eigenvalue weighted by Gasteiger charge is -2.36. The van der Waals surface area contributed by atoms with Gasteiger partial charge in [-0.15, -0.1) is 6.42 Å². The van der Waals surface area contributed by atoms with Gasteiger partial charge in [0.1, 0.15) is 24.3 Å². The van der Waals surface area contributed by atoms with E-state index in [1.165, 1.54) is 28.9 Å². The lowest BCUT2D eigenvalue weighted by molar-refractivity contribution is -0.189. The van der Waals surface area contributed by atoms with Gasteiger partial charge in [0.15, 0.2) is 16.6 Å². The van der Waals surface area contributed by atoms with E-state index in [4.69, 9.17) is 34.4 Å². The molecule has 13 heteroatoms. The van der Waals surface area contributed by atoms with Gasteiger partial charge in [-0.25, -0.2) is 0 Å². The number of methoxy groups -OCH3 is 2. The van der Waals surface area contributed by atoms with E-state index in [2.05, 4.69) is 151 Å². The number of hydroxylamine groups is 4. The molecule has 2 fully saturated rings. The highest BCUT2D eigenvalue weighted by Gasteiger charge is 2.44. The molecule has 372 valence electrons. The van der Waals surface area contributed by atoms with Crippen molar-refractivity contribution in [2.75, 3.05) is 27.4 Å². The van der Waals surface area contributed by atoms with Crippen LogP contribution in [0.15, 0.2) is 97.1 Å². The molecule has 4 unspecified atom stereocenters. The molecule has 4 aromatic rings. The van der Waals surface area contributed by atoms with Gasteiger partial charge in [-0.2, -0.15) is 10.1 Å². The number of rotatable bonds is 12. The predicted octanol–water partition coefficient (Wildman–Crippen LogP) is 11.8. The summed E-state index contributed by atoms with van der Waals surface area (Å²) in [5.41, 5.74) is 7.49. The minimum absolute atomic E-state index is 0.122. The third-order valence-corrected chi connectivity index (χ3v) is 22.9. The second-order valence-electron chi connectivity index (χ2n) is 20.7. The van der Waals surface area contributed by atoms with Crippen molar-refractivity contribution in [3.05, 3.63) is 140 Å². The highest BCUT2D eigenvalue weighted by atomic mass is 127. The molecule has 69 heavy (non-hydrogen) atoms. The fourth-order valence-corrected chi connectivity index (χ4v) is 9.08. The molecule has 6 rings (SSSR count). The topological polar surface area (TPSA) is 96.0 Å². The Hall–Kier alpha value is -4.14. The molecular weight excluding hydrogens is 1010 g/mol. The van der Waals surface area contributed by atoms with Crippen LogP contribution in [0.3, 0.4) is 0 Å². The zero-order chi connectivity index (χ0) is 51.2. The maximum absolute atomic E-state index is 12.4. The van der Waals surface area contributed by atoms with E-state index in [-0.39, 0.29) is 34.2 Å². The fraction of sp³-hybridized carbons (Fsp3) is 0.464. The van der Waals surface area contributed by atoms with Crippen LogP contribution in [0.1, 0.15) is 93.3 Å². The number of hydrogen-bond donors (Lipinski definition) is 0. The number of nitrogens with zero attached hydrogens (tertiary/aromatic N) is 2. The van der Waals surface area contributed by atoms with Gasteiger partial charge >= 0.3 is 11.9 Å². The summed E-state index contributed by atoms with van der Waals surface area (Å²) in [5, 5.41) is 3.75.